The summed E-state index contributed by atoms with van der Waals surface area (Å²) >= 11 is 0. The fourth-order valence-corrected chi connectivity index (χ4v) is 2.82. The van der Waals surface area contributed by atoms with E-state index in [0.717, 1.165) is 17.1 Å². The fraction of sp³-hybridized carbons (Fsp3) is 0.190. The van der Waals surface area contributed by atoms with Gasteiger partial charge in [-0.25, -0.2) is 9.97 Å². The number of amides is 1. The Hall–Kier alpha value is -3.81. The molecule has 0 atom stereocenters. The molecule has 0 bridgehead atoms. The lowest BCUT2D eigenvalue weighted by molar-refractivity contribution is 0.102. The van der Waals surface area contributed by atoms with Crippen molar-refractivity contribution in [3.63, 3.8) is 0 Å². The van der Waals surface area contributed by atoms with Crippen LogP contribution >= 0.6 is 0 Å². The van der Waals surface area contributed by atoms with E-state index in [0.29, 0.717) is 30.5 Å². The number of rotatable bonds is 5. The molecular formula is C21H21N5O3. The molecule has 1 aliphatic rings. The number of fused-ring (bicyclic) bond motifs is 1. The zero-order valence-corrected chi connectivity index (χ0v) is 16.2. The van der Waals surface area contributed by atoms with Crippen LogP contribution < -0.4 is 25.0 Å². The number of carbonyl (C=O) groups excluding carboxylic acids is 1. The van der Waals surface area contributed by atoms with Gasteiger partial charge in [-0.1, -0.05) is 0 Å². The van der Waals surface area contributed by atoms with Gasteiger partial charge in [0.2, 0.25) is 0 Å². The number of anilines is 4. The first-order valence-corrected chi connectivity index (χ1v) is 9.16. The second kappa shape index (κ2) is 8.05. The SMILES string of the molecule is CN(C)c1ccc(NC(=O)c2cnc(Nc3ccc4c(c3)OCCO4)cn2)cc1. The Morgan fingerprint density at radius 2 is 1.66 bits per heavy atom. The first-order valence-electron chi connectivity index (χ1n) is 9.16. The van der Waals surface area contributed by atoms with Crippen LogP contribution in [0.2, 0.25) is 0 Å². The van der Waals surface area contributed by atoms with E-state index in [1.54, 1.807) is 0 Å². The fourth-order valence-electron chi connectivity index (χ4n) is 2.82. The van der Waals surface area contributed by atoms with Crippen molar-refractivity contribution in [2.75, 3.05) is 42.8 Å². The van der Waals surface area contributed by atoms with Crippen molar-refractivity contribution in [3.05, 3.63) is 60.6 Å². The monoisotopic (exact) mass is 391 g/mol. The van der Waals surface area contributed by atoms with Crippen molar-refractivity contribution in [1.82, 2.24) is 9.97 Å². The number of hydrogen-bond acceptors (Lipinski definition) is 7. The topological polar surface area (TPSA) is 88.6 Å². The Kier molecular flexibility index (Phi) is 5.15. The van der Waals surface area contributed by atoms with Crippen molar-refractivity contribution >= 4 is 28.8 Å². The van der Waals surface area contributed by atoms with Gasteiger partial charge in [0.15, 0.2) is 11.5 Å². The van der Waals surface area contributed by atoms with Crippen LogP contribution in [-0.4, -0.2) is 43.2 Å². The van der Waals surface area contributed by atoms with Gasteiger partial charge >= 0.3 is 0 Å². The van der Waals surface area contributed by atoms with E-state index in [2.05, 4.69) is 20.6 Å². The molecule has 1 aliphatic heterocycles. The molecule has 4 rings (SSSR count). The van der Waals surface area contributed by atoms with Crippen LogP contribution in [0.5, 0.6) is 11.5 Å². The maximum Gasteiger partial charge on any atom is 0.275 e. The molecule has 8 nitrogen and oxygen atoms in total. The maximum absolute atomic E-state index is 12.4. The third-order valence-corrected chi connectivity index (χ3v) is 4.34. The lowest BCUT2D eigenvalue weighted by atomic mass is 10.2. The zero-order valence-electron chi connectivity index (χ0n) is 16.2. The highest BCUT2D eigenvalue weighted by Gasteiger charge is 2.13. The van der Waals surface area contributed by atoms with Crippen molar-refractivity contribution < 1.29 is 14.3 Å². The Labute approximate surface area is 168 Å². The van der Waals surface area contributed by atoms with Crippen LogP contribution in [0, 0.1) is 0 Å². The zero-order chi connectivity index (χ0) is 20.2. The summed E-state index contributed by atoms with van der Waals surface area (Å²) in [6, 6.07) is 13.1. The van der Waals surface area contributed by atoms with Gasteiger partial charge in [-0.2, -0.15) is 0 Å². The van der Waals surface area contributed by atoms with Gasteiger partial charge in [0.1, 0.15) is 24.7 Å². The molecule has 1 amide bonds. The van der Waals surface area contributed by atoms with Gasteiger partial charge in [-0.3, -0.25) is 4.79 Å². The van der Waals surface area contributed by atoms with E-state index < -0.39 is 0 Å². The molecule has 148 valence electrons. The molecule has 0 saturated heterocycles. The van der Waals surface area contributed by atoms with Crippen molar-refractivity contribution in [1.29, 1.82) is 0 Å². The van der Waals surface area contributed by atoms with Crippen LogP contribution in [0.4, 0.5) is 22.9 Å². The summed E-state index contributed by atoms with van der Waals surface area (Å²) in [6.07, 6.45) is 2.95. The molecule has 3 aromatic rings. The average molecular weight is 391 g/mol. The number of carbonyl (C=O) groups is 1. The highest BCUT2D eigenvalue weighted by Crippen LogP contribution is 2.33. The van der Waals surface area contributed by atoms with Gasteiger partial charge in [0, 0.05) is 37.2 Å². The van der Waals surface area contributed by atoms with Crippen LogP contribution in [-0.2, 0) is 0 Å². The first kappa shape index (κ1) is 18.5. The average Bonchev–Trinajstić information content (AvgIpc) is 2.74. The van der Waals surface area contributed by atoms with Gasteiger partial charge in [-0.15, -0.1) is 0 Å². The van der Waals surface area contributed by atoms with Crippen LogP contribution in [0.3, 0.4) is 0 Å². The second-order valence-electron chi connectivity index (χ2n) is 6.67. The van der Waals surface area contributed by atoms with Crippen LogP contribution in [0.1, 0.15) is 10.5 Å². The summed E-state index contributed by atoms with van der Waals surface area (Å²) in [7, 11) is 3.92. The quantitative estimate of drug-likeness (QED) is 0.690. The molecule has 2 heterocycles. The molecular weight excluding hydrogens is 370 g/mol. The lowest BCUT2D eigenvalue weighted by Gasteiger charge is -2.19. The van der Waals surface area contributed by atoms with Crippen molar-refractivity contribution in [2.45, 2.75) is 0 Å². The van der Waals surface area contributed by atoms with E-state index in [-0.39, 0.29) is 11.6 Å². The molecule has 2 aromatic carbocycles. The number of nitrogens with zero attached hydrogens (tertiary/aromatic N) is 3. The molecule has 2 N–H and O–H groups in total. The second-order valence-corrected chi connectivity index (χ2v) is 6.67. The lowest BCUT2D eigenvalue weighted by Crippen LogP contribution is -2.15. The van der Waals surface area contributed by atoms with E-state index >= 15 is 0 Å². The van der Waals surface area contributed by atoms with Crippen molar-refractivity contribution in [3.8, 4) is 11.5 Å². The Morgan fingerprint density at radius 1 is 0.931 bits per heavy atom. The van der Waals surface area contributed by atoms with E-state index in [1.165, 1.54) is 12.4 Å². The van der Waals surface area contributed by atoms with E-state index in [9.17, 15) is 4.79 Å². The van der Waals surface area contributed by atoms with Gasteiger partial charge in [-0.05, 0) is 36.4 Å². The number of aromatic nitrogens is 2. The molecule has 0 radical (unpaired) electrons. The largest absolute Gasteiger partial charge is 0.486 e. The van der Waals surface area contributed by atoms with E-state index in [4.69, 9.17) is 9.47 Å². The summed E-state index contributed by atoms with van der Waals surface area (Å²) in [5.74, 6) is 1.61. The highest BCUT2D eigenvalue weighted by atomic mass is 16.6. The van der Waals surface area contributed by atoms with Gasteiger partial charge < -0.3 is 25.0 Å². The molecule has 29 heavy (non-hydrogen) atoms. The third kappa shape index (κ3) is 4.37. The van der Waals surface area contributed by atoms with Crippen molar-refractivity contribution in [2.24, 2.45) is 0 Å². The number of nitrogens with one attached hydrogen (secondary N) is 2. The van der Waals surface area contributed by atoms with Gasteiger partial charge in [0.05, 0.1) is 12.4 Å². The molecule has 0 saturated carbocycles. The summed E-state index contributed by atoms with van der Waals surface area (Å²) in [4.78, 5) is 22.9. The molecule has 0 unspecified atom stereocenters. The molecule has 0 spiro atoms. The normalized spacial score (nSPS) is 12.2. The molecule has 0 aliphatic carbocycles. The Bertz CT molecular complexity index is 1000. The van der Waals surface area contributed by atoms with E-state index in [1.807, 2.05) is 61.5 Å². The summed E-state index contributed by atoms with van der Waals surface area (Å²) < 4.78 is 11.1. The highest BCUT2D eigenvalue weighted by molar-refractivity contribution is 6.02. The molecule has 0 fully saturated rings. The molecule has 8 heteroatoms. The number of benzene rings is 2. The Morgan fingerprint density at radius 3 is 2.34 bits per heavy atom. The predicted octanol–water partition coefficient (Wildman–Crippen LogP) is 3.31. The summed E-state index contributed by atoms with van der Waals surface area (Å²) in [5, 5.41) is 5.96. The van der Waals surface area contributed by atoms with Crippen LogP contribution in [0.15, 0.2) is 54.9 Å². The standard InChI is InChI=1S/C21H21N5O3/c1-26(2)16-6-3-14(4-7-16)25-21(27)17-12-23-20(13-22-17)24-15-5-8-18-19(11-15)29-10-9-28-18/h3-8,11-13H,9-10H2,1-2H3,(H,23,24)(H,25,27). The number of ether oxygens (including phenoxy) is 2. The third-order valence-electron chi connectivity index (χ3n) is 4.34. The summed E-state index contributed by atoms with van der Waals surface area (Å²) in [5.41, 5.74) is 2.77. The number of hydrogen-bond donors (Lipinski definition) is 2. The minimum Gasteiger partial charge on any atom is -0.486 e. The first-order chi connectivity index (χ1) is 14.1. The van der Waals surface area contributed by atoms with Crippen LogP contribution in [0.25, 0.3) is 0 Å². The Balaban J connectivity index is 1.40. The molecule has 1 aromatic heterocycles. The predicted molar refractivity (Wildman–Crippen MR) is 111 cm³/mol. The minimum absolute atomic E-state index is 0.231. The minimum atomic E-state index is -0.319. The van der Waals surface area contributed by atoms with Gasteiger partial charge in [0.25, 0.3) is 5.91 Å². The summed E-state index contributed by atoms with van der Waals surface area (Å²) in [6.45, 7) is 1.08. The maximum atomic E-state index is 12.4. The smallest absolute Gasteiger partial charge is 0.275 e.